The number of nitrogens with zero attached hydrogens (tertiary/aromatic N) is 2. The summed E-state index contributed by atoms with van der Waals surface area (Å²) < 4.78 is 5.24. The number of aliphatic hydroxyl groups is 1. The van der Waals surface area contributed by atoms with Crippen molar-refractivity contribution in [1.29, 1.82) is 0 Å². The van der Waals surface area contributed by atoms with Crippen molar-refractivity contribution < 1.29 is 14.6 Å². The van der Waals surface area contributed by atoms with Gasteiger partial charge in [0, 0.05) is 26.0 Å². The first-order valence-corrected chi connectivity index (χ1v) is 9.43. The van der Waals surface area contributed by atoms with Crippen molar-refractivity contribution in [2.24, 2.45) is 11.7 Å². The van der Waals surface area contributed by atoms with Crippen LogP contribution in [0.4, 0.5) is 11.8 Å². The number of methoxy groups -OCH3 is 1. The second-order valence-corrected chi connectivity index (χ2v) is 7.39. The maximum Gasteiger partial charge on any atom is 0.254 e. The molecule has 0 aliphatic heterocycles. The first kappa shape index (κ1) is 18.8. The highest BCUT2D eigenvalue weighted by molar-refractivity contribution is 5.97. The lowest BCUT2D eigenvalue weighted by atomic mass is 9.86. The van der Waals surface area contributed by atoms with Gasteiger partial charge in [0.2, 0.25) is 5.95 Å². The third kappa shape index (κ3) is 4.62. The number of amides is 1. The van der Waals surface area contributed by atoms with E-state index in [1.165, 1.54) is 6.20 Å². The van der Waals surface area contributed by atoms with Crippen LogP contribution < -0.4 is 16.4 Å². The van der Waals surface area contributed by atoms with E-state index in [2.05, 4.69) is 20.6 Å². The number of rotatable bonds is 7. The van der Waals surface area contributed by atoms with Crippen molar-refractivity contribution in [3.05, 3.63) is 11.8 Å². The van der Waals surface area contributed by atoms with E-state index in [4.69, 9.17) is 10.5 Å². The van der Waals surface area contributed by atoms with Gasteiger partial charge in [-0.15, -0.1) is 0 Å². The molecule has 0 unspecified atom stereocenters. The van der Waals surface area contributed by atoms with Gasteiger partial charge in [0.25, 0.3) is 5.91 Å². The van der Waals surface area contributed by atoms with E-state index in [-0.39, 0.29) is 11.6 Å². The molecule has 2 atom stereocenters. The first-order valence-electron chi connectivity index (χ1n) is 9.43. The molecule has 2 aliphatic rings. The summed E-state index contributed by atoms with van der Waals surface area (Å²) in [6.07, 6.45) is 7.88. The van der Waals surface area contributed by atoms with Gasteiger partial charge in [-0.1, -0.05) is 0 Å². The average Bonchev–Trinajstić information content (AvgIpc) is 3.02. The summed E-state index contributed by atoms with van der Waals surface area (Å²) in [7, 11) is 1.74. The standard InChI is InChI=1S/C18H29N5O3/c1-26-10-11-5-7-12(8-6-11)21-18-20-9-13(16(19)25)17(23-18)22-14-3-2-4-15(14)24/h9,11-12,14-15,24H,2-8,10H2,1H3,(H2,19,25)(H2,20,21,22,23)/t11?,12?,14-,15-/m0/s1. The summed E-state index contributed by atoms with van der Waals surface area (Å²) in [5.74, 6) is 0.929. The van der Waals surface area contributed by atoms with Crippen LogP contribution in [0.1, 0.15) is 55.3 Å². The molecule has 0 aromatic carbocycles. The van der Waals surface area contributed by atoms with Crippen molar-refractivity contribution >= 4 is 17.7 Å². The lowest BCUT2D eigenvalue weighted by Crippen LogP contribution is -2.31. The Hall–Kier alpha value is -1.93. The maximum absolute atomic E-state index is 11.7. The van der Waals surface area contributed by atoms with Crippen LogP contribution >= 0.6 is 0 Å². The number of primary amides is 1. The van der Waals surface area contributed by atoms with Crippen LogP contribution in [0.5, 0.6) is 0 Å². The zero-order valence-corrected chi connectivity index (χ0v) is 15.3. The fourth-order valence-corrected chi connectivity index (χ4v) is 3.92. The first-order chi connectivity index (χ1) is 12.6. The van der Waals surface area contributed by atoms with Crippen LogP contribution in [0.2, 0.25) is 0 Å². The van der Waals surface area contributed by atoms with Crippen molar-refractivity contribution in [1.82, 2.24) is 9.97 Å². The van der Waals surface area contributed by atoms with Gasteiger partial charge in [-0.2, -0.15) is 4.98 Å². The van der Waals surface area contributed by atoms with E-state index in [1.807, 2.05) is 0 Å². The molecule has 0 saturated heterocycles. The zero-order valence-electron chi connectivity index (χ0n) is 15.3. The summed E-state index contributed by atoms with van der Waals surface area (Å²) in [5, 5.41) is 16.6. The van der Waals surface area contributed by atoms with E-state index in [0.29, 0.717) is 23.7 Å². The second kappa shape index (κ2) is 8.64. The Morgan fingerprint density at radius 1 is 1.27 bits per heavy atom. The molecule has 1 amide bonds. The Labute approximate surface area is 153 Å². The Bertz CT molecular complexity index is 619. The Morgan fingerprint density at radius 2 is 2.04 bits per heavy atom. The minimum absolute atomic E-state index is 0.111. The fourth-order valence-electron chi connectivity index (χ4n) is 3.92. The van der Waals surface area contributed by atoms with Crippen LogP contribution in [0, 0.1) is 5.92 Å². The van der Waals surface area contributed by atoms with Crippen LogP contribution in [0.3, 0.4) is 0 Å². The zero-order chi connectivity index (χ0) is 18.5. The Morgan fingerprint density at radius 3 is 2.65 bits per heavy atom. The minimum atomic E-state index is -0.577. The van der Waals surface area contributed by atoms with Crippen molar-refractivity contribution in [3.8, 4) is 0 Å². The van der Waals surface area contributed by atoms with E-state index in [0.717, 1.165) is 51.6 Å². The van der Waals surface area contributed by atoms with Crippen LogP contribution in [0.15, 0.2) is 6.20 Å². The Kier molecular flexibility index (Phi) is 6.26. The second-order valence-electron chi connectivity index (χ2n) is 7.39. The monoisotopic (exact) mass is 363 g/mol. The van der Waals surface area contributed by atoms with Crippen LogP contribution in [-0.2, 0) is 4.74 Å². The molecule has 2 fully saturated rings. The summed E-state index contributed by atoms with van der Waals surface area (Å²) >= 11 is 0. The topological polar surface area (TPSA) is 122 Å². The SMILES string of the molecule is COCC1CCC(Nc2ncc(C(N)=O)c(N[C@H]3CCC[C@@H]3O)n2)CC1. The molecular formula is C18H29N5O3. The molecular weight excluding hydrogens is 334 g/mol. The normalized spacial score (nSPS) is 28.7. The van der Waals surface area contributed by atoms with E-state index < -0.39 is 12.0 Å². The van der Waals surface area contributed by atoms with E-state index >= 15 is 0 Å². The van der Waals surface area contributed by atoms with Crippen molar-refractivity contribution in [2.45, 2.75) is 63.1 Å². The molecule has 144 valence electrons. The van der Waals surface area contributed by atoms with Gasteiger partial charge in [0.15, 0.2) is 0 Å². The highest BCUT2D eigenvalue weighted by atomic mass is 16.5. The summed E-state index contributed by atoms with van der Waals surface area (Å²) in [5.41, 5.74) is 5.70. The molecule has 0 spiro atoms. The molecule has 1 aromatic heterocycles. The van der Waals surface area contributed by atoms with Gasteiger partial charge in [-0.05, 0) is 50.9 Å². The number of nitrogens with one attached hydrogen (secondary N) is 2. The molecule has 1 aromatic rings. The number of anilines is 2. The number of aliphatic hydroxyl groups excluding tert-OH is 1. The molecule has 0 bridgehead atoms. The number of hydrogen-bond acceptors (Lipinski definition) is 7. The molecule has 8 nitrogen and oxygen atoms in total. The summed E-state index contributed by atoms with van der Waals surface area (Å²) in [6.45, 7) is 0.814. The lowest BCUT2D eigenvalue weighted by molar-refractivity contribution is 0.1000. The van der Waals surface area contributed by atoms with Crippen LogP contribution in [-0.4, -0.2) is 52.9 Å². The quantitative estimate of drug-likeness (QED) is 0.579. The highest BCUT2D eigenvalue weighted by Crippen LogP contribution is 2.27. The molecule has 5 N–H and O–H groups in total. The van der Waals surface area contributed by atoms with E-state index in [9.17, 15) is 9.90 Å². The Balaban J connectivity index is 1.66. The molecule has 2 aliphatic carbocycles. The number of hydrogen-bond donors (Lipinski definition) is 4. The third-order valence-corrected chi connectivity index (χ3v) is 5.44. The van der Waals surface area contributed by atoms with Crippen molar-refractivity contribution in [2.75, 3.05) is 24.4 Å². The molecule has 1 heterocycles. The molecule has 8 heteroatoms. The molecule has 26 heavy (non-hydrogen) atoms. The summed E-state index contributed by atoms with van der Waals surface area (Å²) in [4.78, 5) is 20.4. The van der Waals surface area contributed by atoms with Gasteiger partial charge in [0.05, 0.1) is 17.7 Å². The molecule has 0 radical (unpaired) electrons. The minimum Gasteiger partial charge on any atom is -0.391 e. The number of carbonyl (C=O) groups is 1. The number of aromatic nitrogens is 2. The highest BCUT2D eigenvalue weighted by Gasteiger charge is 2.27. The smallest absolute Gasteiger partial charge is 0.254 e. The third-order valence-electron chi connectivity index (χ3n) is 5.44. The predicted octanol–water partition coefficient (Wildman–Crippen LogP) is 1.52. The lowest BCUT2D eigenvalue weighted by Gasteiger charge is -2.28. The molecule has 2 saturated carbocycles. The number of ether oxygens (including phenoxy) is 1. The summed E-state index contributed by atoms with van der Waals surface area (Å²) in [6, 6.07) is 0.202. The van der Waals surface area contributed by atoms with Crippen LogP contribution in [0.25, 0.3) is 0 Å². The average molecular weight is 363 g/mol. The van der Waals surface area contributed by atoms with E-state index in [1.54, 1.807) is 7.11 Å². The predicted molar refractivity (Wildman–Crippen MR) is 99.1 cm³/mol. The van der Waals surface area contributed by atoms with Crippen molar-refractivity contribution in [3.63, 3.8) is 0 Å². The van der Waals surface area contributed by atoms with Gasteiger partial charge < -0.3 is 26.2 Å². The van der Waals surface area contributed by atoms with Gasteiger partial charge in [-0.25, -0.2) is 4.98 Å². The largest absolute Gasteiger partial charge is 0.391 e. The number of carbonyl (C=O) groups excluding carboxylic acids is 1. The van der Waals surface area contributed by atoms with Gasteiger partial charge >= 0.3 is 0 Å². The molecule has 3 rings (SSSR count). The number of nitrogens with two attached hydrogens (primary N) is 1. The van der Waals surface area contributed by atoms with Gasteiger partial charge in [-0.3, -0.25) is 4.79 Å². The maximum atomic E-state index is 11.7. The fraction of sp³-hybridized carbons (Fsp3) is 0.722. The van der Waals surface area contributed by atoms with Gasteiger partial charge in [0.1, 0.15) is 5.82 Å².